The smallest absolute Gasteiger partial charge is 0.184 e. The van der Waals surface area contributed by atoms with Gasteiger partial charge in [0.25, 0.3) is 0 Å². The molecule has 4 N–H and O–H groups in total. The molecule has 1 aromatic carbocycles. The van der Waals surface area contributed by atoms with E-state index in [1.165, 1.54) is 0 Å². The van der Waals surface area contributed by atoms with Crippen molar-refractivity contribution < 1.29 is 44.1 Å². The van der Waals surface area contributed by atoms with Crippen LogP contribution in [0.4, 0.5) is 0 Å². The first-order valence-electron chi connectivity index (χ1n) is 12.2. The maximum Gasteiger partial charge on any atom is 0.184 e. The summed E-state index contributed by atoms with van der Waals surface area (Å²) in [5, 5.41) is 38.7. The van der Waals surface area contributed by atoms with Crippen LogP contribution in [0.2, 0.25) is 0 Å². The zero-order chi connectivity index (χ0) is 24.4. The van der Waals surface area contributed by atoms with E-state index in [-0.39, 0.29) is 49.7 Å². The second-order valence-corrected chi connectivity index (χ2v) is 9.73. The van der Waals surface area contributed by atoms with Crippen LogP contribution in [0.5, 0.6) is 0 Å². The third kappa shape index (κ3) is 5.80. The van der Waals surface area contributed by atoms with Crippen molar-refractivity contribution in [2.24, 2.45) is 0 Å². The summed E-state index contributed by atoms with van der Waals surface area (Å²) in [4.78, 5) is 0. The Labute approximate surface area is 200 Å². The number of ether oxygens (including phenoxy) is 5. The molecule has 4 fully saturated rings. The Kier molecular flexibility index (Phi) is 8.61. The van der Waals surface area contributed by atoms with Gasteiger partial charge in [-0.3, -0.25) is 0 Å². The molecule has 0 bridgehead atoms. The van der Waals surface area contributed by atoms with Gasteiger partial charge < -0.3 is 44.1 Å². The van der Waals surface area contributed by atoms with Gasteiger partial charge in [-0.2, -0.15) is 0 Å². The van der Waals surface area contributed by atoms with E-state index in [9.17, 15) is 20.4 Å². The van der Waals surface area contributed by atoms with Crippen molar-refractivity contribution in [1.82, 2.24) is 0 Å². The standard InChI is InChI=1S/C13H16O3.C12H22O6/c1-9-12-11(7-8-14-9)15-13(16-12)10-5-3-2-4-6-10;1-5-11(15)7(13)3-9(17-5)10-4-8(14)12(16)6(2)18-10/h2-6,9,11-13H,7-8H2,1H3;5-16H,3-4H2,1-2H3/t9?,11-,12?,13?;5?,6?,7-,8-,9+,10+,11?,12?/m11/s1. The Balaban J connectivity index is 0.000000162. The van der Waals surface area contributed by atoms with E-state index in [0.717, 1.165) is 18.6 Å². The van der Waals surface area contributed by atoms with Crippen LogP contribution in [0.25, 0.3) is 0 Å². The van der Waals surface area contributed by atoms with Crippen LogP contribution in [0.3, 0.4) is 0 Å². The van der Waals surface area contributed by atoms with Gasteiger partial charge in [-0.1, -0.05) is 30.3 Å². The fourth-order valence-corrected chi connectivity index (χ4v) is 5.06. The lowest BCUT2D eigenvalue weighted by atomic mass is 9.90. The lowest BCUT2D eigenvalue weighted by molar-refractivity contribution is -0.235. The highest BCUT2D eigenvalue weighted by molar-refractivity contribution is 5.17. The molecule has 192 valence electrons. The molecule has 4 aliphatic rings. The average Bonchev–Trinajstić information content (AvgIpc) is 3.27. The molecule has 4 heterocycles. The lowest BCUT2D eigenvalue weighted by Gasteiger charge is -2.43. The van der Waals surface area contributed by atoms with Crippen molar-refractivity contribution in [3.63, 3.8) is 0 Å². The zero-order valence-electron chi connectivity index (χ0n) is 20.0. The van der Waals surface area contributed by atoms with E-state index in [4.69, 9.17) is 23.7 Å². The molecule has 7 unspecified atom stereocenters. The highest BCUT2D eigenvalue weighted by Crippen LogP contribution is 2.36. The van der Waals surface area contributed by atoms with Crippen molar-refractivity contribution >= 4 is 0 Å². The molecule has 9 nitrogen and oxygen atoms in total. The van der Waals surface area contributed by atoms with Crippen LogP contribution >= 0.6 is 0 Å². The van der Waals surface area contributed by atoms with Gasteiger partial charge in [0.15, 0.2) is 6.29 Å². The number of hydrogen-bond acceptors (Lipinski definition) is 9. The first-order chi connectivity index (χ1) is 16.2. The molecule has 34 heavy (non-hydrogen) atoms. The molecule has 0 aliphatic carbocycles. The summed E-state index contributed by atoms with van der Waals surface area (Å²) in [5.41, 5.74) is 1.09. The van der Waals surface area contributed by atoms with Gasteiger partial charge in [0.05, 0.1) is 48.8 Å². The van der Waals surface area contributed by atoms with Gasteiger partial charge in [-0.25, -0.2) is 0 Å². The minimum absolute atomic E-state index is 0.0824. The molecule has 4 saturated heterocycles. The summed E-state index contributed by atoms with van der Waals surface area (Å²) in [6.07, 6.45) is -3.51. The molecule has 0 spiro atoms. The van der Waals surface area contributed by atoms with Crippen LogP contribution in [-0.4, -0.2) is 94.2 Å². The zero-order valence-corrected chi connectivity index (χ0v) is 20.0. The van der Waals surface area contributed by atoms with E-state index in [2.05, 4.69) is 0 Å². The molecular weight excluding hydrogens is 444 g/mol. The largest absolute Gasteiger partial charge is 0.390 e. The minimum atomic E-state index is -0.891. The van der Waals surface area contributed by atoms with E-state index in [1.807, 2.05) is 37.3 Å². The number of benzene rings is 1. The molecule has 0 amide bonds. The summed E-state index contributed by atoms with van der Waals surface area (Å²) in [6, 6.07) is 10.1. The molecule has 9 heteroatoms. The van der Waals surface area contributed by atoms with Gasteiger partial charge in [0, 0.05) is 25.0 Å². The number of aliphatic hydroxyl groups is 4. The Morgan fingerprint density at radius 1 is 0.676 bits per heavy atom. The summed E-state index contributed by atoms with van der Waals surface area (Å²) in [7, 11) is 0. The fraction of sp³-hybridized carbons (Fsp3) is 0.760. The van der Waals surface area contributed by atoms with Crippen molar-refractivity contribution in [3.05, 3.63) is 35.9 Å². The van der Waals surface area contributed by atoms with E-state index in [1.54, 1.807) is 13.8 Å². The maximum absolute atomic E-state index is 9.74. The van der Waals surface area contributed by atoms with Gasteiger partial charge >= 0.3 is 0 Å². The van der Waals surface area contributed by atoms with Crippen molar-refractivity contribution in [2.75, 3.05) is 6.61 Å². The van der Waals surface area contributed by atoms with Gasteiger partial charge in [-0.05, 0) is 27.2 Å². The monoisotopic (exact) mass is 482 g/mol. The fourth-order valence-electron chi connectivity index (χ4n) is 5.06. The number of aliphatic hydroxyl groups excluding tert-OH is 4. The van der Waals surface area contributed by atoms with Gasteiger partial charge in [-0.15, -0.1) is 0 Å². The SMILES string of the molecule is CC1OCC[C@H]2OC(c3ccccc3)OC12.CC1O[C@H]([C@@H]2C[C@@H](O)C(O)C(C)O2)C[C@@H](O)C1O. The predicted octanol–water partition coefficient (Wildman–Crippen LogP) is 1.06. The predicted molar refractivity (Wildman–Crippen MR) is 121 cm³/mol. The summed E-state index contributed by atoms with van der Waals surface area (Å²) < 4.78 is 28.6. The quantitative estimate of drug-likeness (QED) is 0.489. The van der Waals surface area contributed by atoms with Crippen LogP contribution in [0.1, 0.15) is 51.9 Å². The number of fused-ring (bicyclic) bond motifs is 1. The highest BCUT2D eigenvalue weighted by Gasteiger charge is 2.44. The molecule has 5 rings (SSSR count). The number of rotatable bonds is 2. The molecule has 0 saturated carbocycles. The van der Waals surface area contributed by atoms with E-state index >= 15 is 0 Å². The van der Waals surface area contributed by atoms with Crippen molar-refractivity contribution in [3.8, 4) is 0 Å². The Morgan fingerprint density at radius 3 is 1.74 bits per heavy atom. The van der Waals surface area contributed by atoms with Crippen LogP contribution in [-0.2, 0) is 23.7 Å². The molecule has 1 aromatic rings. The van der Waals surface area contributed by atoms with Crippen LogP contribution < -0.4 is 0 Å². The van der Waals surface area contributed by atoms with E-state index in [0.29, 0.717) is 0 Å². The topological polar surface area (TPSA) is 127 Å². The average molecular weight is 483 g/mol. The summed E-state index contributed by atoms with van der Waals surface area (Å²) >= 11 is 0. The van der Waals surface area contributed by atoms with Crippen molar-refractivity contribution in [2.45, 2.75) is 113 Å². The number of hydrogen-bond donors (Lipinski definition) is 4. The highest BCUT2D eigenvalue weighted by atomic mass is 16.7. The third-order valence-corrected chi connectivity index (χ3v) is 7.15. The van der Waals surface area contributed by atoms with Gasteiger partial charge in [0.1, 0.15) is 18.3 Å². The normalized spacial score (nSPS) is 46.8. The first-order valence-corrected chi connectivity index (χ1v) is 12.2. The molecule has 12 atom stereocenters. The Morgan fingerprint density at radius 2 is 1.24 bits per heavy atom. The Hall–Kier alpha value is -1.14. The summed E-state index contributed by atoms with van der Waals surface area (Å²) in [6.45, 7) is 6.20. The summed E-state index contributed by atoms with van der Waals surface area (Å²) in [5.74, 6) is 0. The van der Waals surface area contributed by atoms with Gasteiger partial charge in [0.2, 0.25) is 0 Å². The second kappa shape index (κ2) is 11.3. The Bertz CT molecular complexity index is 712. The molecule has 0 radical (unpaired) electrons. The molecule has 0 aromatic heterocycles. The van der Waals surface area contributed by atoms with Crippen LogP contribution in [0, 0.1) is 0 Å². The van der Waals surface area contributed by atoms with Crippen molar-refractivity contribution in [1.29, 1.82) is 0 Å². The lowest BCUT2D eigenvalue weighted by Crippen LogP contribution is -2.56. The van der Waals surface area contributed by atoms with E-state index < -0.39 is 36.6 Å². The minimum Gasteiger partial charge on any atom is -0.390 e. The molecule has 4 aliphatic heterocycles. The third-order valence-electron chi connectivity index (χ3n) is 7.15. The molecular formula is C25H38O9. The second-order valence-electron chi connectivity index (χ2n) is 9.73. The first kappa shape index (κ1) is 25.9. The maximum atomic E-state index is 9.74. The van der Waals surface area contributed by atoms with Crippen LogP contribution in [0.15, 0.2) is 30.3 Å².